The molecule has 1 aliphatic heterocycles. The smallest absolute Gasteiger partial charge is 0.435 e. The van der Waals surface area contributed by atoms with E-state index >= 15 is 0 Å². The Hall–Kier alpha value is -1.48. The van der Waals surface area contributed by atoms with Gasteiger partial charge in [-0.15, -0.1) is 11.3 Å². The maximum atomic E-state index is 14.3. The van der Waals surface area contributed by atoms with Gasteiger partial charge in [-0.05, 0) is 48.9 Å². The van der Waals surface area contributed by atoms with Gasteiger partial charge in [-0.2, -0.15) is 13.2 Å². The van der Waals surface area contributed by atoms with Gasteiger partial charge in [0.25, 0.3) is 5.60 Å². The molecule has 4 rings (SSSR count). The number of methoxy groups -OCH3 is 1. The highest BCUT2D eigenvalue weighted by Crippen LogP contribution is 2.51. The van der Waals surface area contributed by atoms with E-state index < -0.39 is 24.2 Å². The third kappa shape index (κ3) is 3.71. The molecule has 0 fully saturated rings. The van der Waals surface area contributed by atoms with Crippen LogP contribution in [0.4, 0.5) is 13.2 Å². The van der Waals surface area contributed by atoms with Crippen LogP contribution in [-0.4, -0.2) is 25.0 Å². The predicted octanol–water partition coefficient (Wildman–Crippen LogP) is 6.96. The van der Waals surface area contributed by atoms with Crippen LogP contribution in [0.5, 0.6) is 0 Å². The number of hydrogen-bond donors (Lipinski definition) is 0. The number of benzene rings is 1. The van der Waals surface area contributed by atoms with Crippen molar-refractivity contribution in [3.63, 3.8) is 0 Å². The van der Waals surface area contributed by atoms with E-state index in [0.29, 0.717) is 22.6 Å². The van der Waals surface area contributed by atoms with Gasteiger partial charge in [0.15, 0.2) is 0 Å². The molecule has 2 aromatic rings. The maximum Gasteiger partial charge on any atom is 0.435 e. The number of oxime groups is 1. The number of carbonyl (C=O) groups excluding carboxylic acids is 1. The van der Waals surface area contributed by atoms with Gasteiger partial charge in [0.1, 0.15) is 10.6 Å². The second-order valence-electron chi connectivity index (χ2n) is 7.30. The zero-order valence-electron chi connectivity index (χ0n) is 16.0. The lowest BCUT2D eigenvalue weighted by Gasteiger charge is -2.30. The summed E-state index contributed by atoms with van der Waals surface area (Å²) in [7, 11) is 1.27. The van der Waals surface area contributed by atoms with Crippen LogP contribution in [0.2, 0.25) is 15.1 Å². The molecule has 11 heteroatoms. The Morgan fingerprint density at radius 1 is 1.16 bits per heavy atom. The number of hydrogen-bond acceptors (Lipinski definition) is 5. The molecule has 31 heavy (non-hydrogen) atoms. The molecule has 0 amide bonds. The van der Waals surface area contributed by atoms with Crippen LogP contribution in [-0.2, 0) is 28.0 Å². The van der Waals surface area contributed by atoms with Crippen molar-refractivity contribution in [2.75, 3.05) is 7.11 Å². The van der Waals surface area contributed by atoms with Gasteiger partial charge in [-0.25, -0.2) is 4.79 Å². The number of fused-ring (bicyclic) bond motifs is 1. The first-order chi connectivity index (χ1) is 14.6. The normalized spacial score (nSPS) is 20.8. The van der Waals surface area contributed by atoms with Gasteiger partial charge in [0.2, 0.25) is 0 Å². The fourth-order valence-corrected chi connectivity index (χ4v) is 5.83. The van der Waals surface area contributed by atoms with Crippen LogP contribution in [0.25, 0.3) is 0 Å². The maximum absolute atomic E-state index is 14.3. The van der Waals surface area contributed by atoms with E-state index in [-0.39, 0.29) is 26.3 Å². The van der Waals surface area contributed by atoms with Crippen molar-refractivity contribution in [3.8, 4) is 0 Å². The minimum Gasteiger partial charge on any atom is -0.465 e. The van der Waals surface area contributed by atoms with Crippen LogP contribution in [0.1, 0.15) is 50.5 Å². The van der Waals surface area contributed by atoms with Gasteiger partial charge in [-0.1, -0.05) is 40.0 Å². The first-order valence-corrected chi connectivity index (χ1v) is 11.2. The van der Waals surface area contributed by atoms with Crippen molar-refractivity contribution in [3.05, 3.63) is 53.6 Å². The number of carbonyl (C=O) groups is 1. The number of esters is 1. The first kappa shape index (κ1) is 22.7. The third-order valence-corrected chi connectivity index (χ3v) is 7.99. The molecule has 0 saturated heterocycles. The van der Waals surface area contributed by atoms with Crippen molar-refractivity contribution in [2.24, 2.45) is 5.16 Å². The van der Waals surface area contributed by atoms with Crippen molar-refractivity contribution in [2.45, 2.75) is 43.9 Å². The van der Waals surface area contributed by atoms with Gasteiger partial charge in [0, 0.05) is 5.56 Å². The molecule has 2 aliphatic rings. The lowest BCUT2D eigenvalue weighted by Crippen LogP contribution is -2.42. The molecule has 4 nitrogen and oxygen atoms in total. The second kappa shape index (κ2) is 8.14. The molecule has 1 aromatic carbocycles. The Morgan fingerprint density at radius 2 is 1.77 bits per heavy atom. The van der Waals surface area contributed by atoms with E-state index in [0.717, 1.165) is 47.4 Å². The summed E-state index contributed by atoms with van der Waals surface area (Å²) < 4.78 is 47.7. The highest BCUT2D eigenvalue weighted by atomic mass is 35.5. The largest absolute Gasteiger partial charge is 0.465 e. The number of ether oxygens (including phenoxy) is 1. The van der Waals surface area contributed by atoms with Crippen molar-refractivity contribution in [1.29, 1.82) is 0 Å². The Kier molecular flexibility index (Phi) is 5.96. The van der Waals surface area contributed by atoms with E-state index in [1.54, 1.807) is 0 Å². The molecule has 0 saturated carbocycles. The highest BCUT2D eigenvalue weighted by molar-refractivity contribution is 7.16. The molecule has 2 heterocycles. The number of nitrogens with zero attached hydrogens (tertiary/aromatic N) is 1. The van der Waals surface area contributed by atoms with Crippen LogP contribution >= 0.6 is 46.1 Å². The van der Waals surface area contributed by atoms with Gasteiger partial charge in [0.05, 0.1) is 33.5 Å². The molecule has 0 radical (unpaired) electrons. The standard InChI is InChI=1S/C20H15Cl3F3NO3S/c1-29-18(28)17-11-5-3-2-4-10(11)16(31-17)14-8-19(30-27-14,20(24,25)26)9-6-12(21)15(23)13(22)7-9/h6-7H,2-5,8H2,1H3. The summed E-state index contributed by atoms with van der Waals surface area (Å²) in [5.74, 6) is -0.507. The molecule has 1 atom stereocenters. The fraction of sp³-hybridized carbons (Fsp3) is 0.400. The van der Waals surface area contributed by atoms with Crippen molar-refractivity contribution < 1.29 is 27.5 Å². The van der Waals surface area contributed by atoms with Gasteiger partial charge >= 0.3 is 12.1 Å². The minimum absolute atomic E-state index is 0.0430. The number of thiophene rings is 1. The summed E-state index contributed by atoms with van der Waals surface area (Å²) in [6.07, 6.45) is -2.33. The molecule has 0 bridgehead atoms. The van der Waals surface area contributed by atoms with E-state index in [2.05, 4.69) is 5.16 Å². The molecule has 1 aliphatic carbocycles. The minimum atomic E-state index is -4.82. The van der Waals surface area contributed by atoms with E-state index in [1.807, 2.05) is 0 Å². The number of alkyl halides is 3. The molecular weight excluding hydrogens is 498 g/mol. The van der Waals surface area contributed by atoms with Crippen LogP contribution in [0.15, 0.2) is 17.3 Å². The molecular formula is C20H15Cl3F3NO3S. The first-order valence-electron chi connectivity index (χ1n) is 9.29. The Bertz CT molecular complexity index is 1080. The average molecular weight is 513 g/mol. The Morgan fingerprint density at radius 3 is 2.35 bits per heavy atom. The summed E-state index contributed by atoms with van der Waals surface area (Å²) in [4.78, 5) is 18.2. The van der Waals surface area contributed by atoms with E-state index in [9.17, 15) is 18.0 Å². The molecule has 166 valence electrons. The Labute approximate surface area is 194 Å². The fourth-order valence-electron chi connectivity index (χ4n) is 3.94. The summed E-state index contributed by atoms with van der Waals surface area (Å²) in [6, 6.07) is 2.18. The summed E-state index contributed by atoms with van der Waals surface area (Å²) in [6.45, 7) is 0. The quantitative estimate of drug-likeness (QED) is 0.330. The van der Waals surface area contributed by atoms with Gasteiger partial charge < -0.3 is 9.57 Å². The average Bonchev–Trinajstić information content (AvgIpc) is 3.34. The van der Waals surface area contributed by atoms with Crippen molar-refractivity contribution in [1.82, 2.24) is 0 Å². The van der Waals surface area contributed by atoms with Crippen molar-refractivity contribution >= 4 is 57.8 Å². The van der Waals surface area contributed by atoms with Gasteiger partial charge in [-0.3, -0.25) is 0 Å². The molecule has 1 unspecified atom stereocenters. The SMILES string of the molecule is COC(=O)c1sc(C2=NOC(c3cc(Cl)c(Cl)c(Cl)c3)(C(F)(F)F)C2)c2c1CCCC2. The summed E-state index contributed by atoms with van der Waals surface area (Å²) in [5.41, 5.74) is -1.28. The second-order valence-corrected chi connectivity index (χ2v) is 9.51. The summed E-state index contributed by atoms with van der Waals surface area (Å²) >= 11 is 19.0. The van der Waals surface area contributed by atoms with Crippen LogP contribution in [0, 0.1) is 0 Å². The Balaban J connectivity index is 1.79. The molecule has 1 aromatic heterocycles. The lowest BCUT2D eigenvalue weighted by atomic mass is 9.85. The summed E-state index contributed by atoms with van der Waals surface area (Å²) in [5, 5.41) is 3.55. The molecule has 0 spiro atoms. The van der Waals surface area contributed by atoms with E-state index in [4.69, 9.17) is 44.4 Å². The van der Waals surface area contributed by atoms with Crippen LogP contribution < -0.4 is 0 Å². The monoisotopic (exact) mass is 511 g/mol. The zero-order chi connectivity index (χ0) is 22.6. The van der Waals surface area contributed by atoms with E-state index in [1.165, 1.54) is 7.11 Å². The number of rotatable bonds is 3. The molecule has 0 N–H and O–H groups in total. The highest BCUT2D eigenvalue weighted by Gasteiger charge is 2.62. The lowest BCUT2D eigenvalue weighted by molar-refractivity contribution is -0.275. The predicted molar refractivity (Wildman–Crippen MR) is 114 cm³/mol. The van der Waals surface area contributed by atoms with Crippen LogP contribution in [0.3, 0.4) is 0 Å². The zero-order valence-corrected chi connectivity index (χ0v) is 19.1. The topological polar surface area (TPSA) is 47.9 Å². The third-order valence-electron chi connectivity index (χ3n) is 5.49. The number of halogens is 6.